The average molecular weight is 383 g/mol. The monoisotopic (exact) mass is 382 g/mol. The van der Waals surface area contributed by atoms with Gasteiger partial charge in [-0.3, -0.25) is 4.79 Å². The molecule has 0 aliphatic rings. The molecule has 0 bridgehead atoms. The lowest BCUT2D eigenvalue weighted by Gasteiger charge is -2.08. The Morgan fingerprint density at radius 3 is 2.44 bits per heavy atom. The molecule has 1 aromatic heterocycles. The van der Waals surface area contributed by atoms with Gasteiger partial charge < -0.3 is 10.1 Å². The summed E-state index contributed by atoms with van der Waals surface area (Å²) in [6.07, 6.45) is 0.265. The summed E-state index contributed by atoms with van der Waals surface area (Å²) < 4.78 is 30.9. The number of hydrogen-bond donors (Lipinski definition) is 1. The summed E-state index contributed by atoms with van der Waals surface area (Å²) >= 11 is 1.16. The van der Waals surface area contributed by atoms with Gasteiger partial charge in [-0.2, -0.15) is 0 Å². The van der Waals surface area contributed by atoms with Gasteiger partial charge in [-0.25, -0.2) is 12.7 Å². The number of nitrogens with zero attached hydrogens (tertiary/aromatic N) is 1. The first kappa shape index (κ1) is 19.4. The third-order valence-electron chi connectivity index (χ3n) is 3.43. The van der Waals surface area contributed by atoms with E-state index >= 15 is 0 Å². The predicted octanol–water partition coefficient (Wildman–Crippen LogP) is 2.26. The van der Waals surface area contributed by atoms with Gasteiger partial charge in [0.05, 0.1) is 19.6 Å². The van der Waals surface area contributed by atoms with E-state index in [1.165, 1.54) is 18.4 Å². The second kappa shape index (κ2) is 8.46. The van der Waals surface area contributed by atoms with Crippen LogP contribution >= 0.6 is 11.3 Å². The molecule has 2 aromatic rings. The summed E-state index contributed by atoms with van der Waals surface area (Å²) in [7, 11) is -0.438. The van der Waals surface area contributed by atoms with E-state index < -0.39 is 10.0 Å². The summed E-state index contributed by atoms with van der Waals surface area (Å²) in [5.74, 6) is 0.662. The second-order valence-corrected chi connectivity index (χ2v) is 9.09. The smallest absolute Gasteiger partial charge is 0.252 e. The Hall–Kier alpha value is -1.90. The molecule has 0 aliphatic carbocycles. The zero-order chi connectivity index (χ0) is 18.4. The van der Waals surface area contributed by atoms with Crippen LogP contribution in [0.25, 0.3) is 0 Å². The summed E-state index contributed by atoms with van der Waals surface area (Å²) in [5, 5.41) is 2.81. The van der Waals surface area contributed by atoms with Gasteiger partial charge in [0.25, 0.3) is 10.0 Å². The van der Waals surface area contributed by atoms with Crippen LogP contribution in [0.15, 0.2) is 40.6 Å². The summed E-state index contributed by atoms with van der Waals surface area (Å²) in [6.45, 7) is 2.83. The zero-order valence-electron chi connectivity index (χ0n) is 14.5. The maximum absolute atomic E-state index is 12.0. The van der Waals surface area contributed by atoms with Crippen molar-refractivity contribution in [3.63, 3.8) is 0 Å². The van der Waals surface area contributed by atoms with Crippen LogP contribution in [0.2, 0.25) is 0 Å². The van der Waals surface area contributed by atoms with E-state index in [2.05, 4.69) is 5.32 Å². The molecule has 136 valence electrons. The standard InChI is InChI=1S/C17H22N2O4S2/c1-4-23-14-7-5-13(6-8-14)11-16(20)18-12-15-9-10-17(24-15)25(21,22)19(2)3/h5-10H,4,11-12H2,1-3H3,(H,18,20). The van der Waals surface area contributed by atoms with Crippen LogP contribution in [0.4, 0.5) is 0 Å². The molecular formula is C17H22N2O4S2. The highest BCUT2D eigenvalue weighted by Crippen LogP contribution is 2.23. The minimum Gasteiger partial charge on any atom is -0.494 e. The largest absolute Gasteiger partial charge is 0.494 e. The lowest BCUT2D eigenvalue weighted by Crippen LogP contribution is -2.24. The van der Waals surface area contributed by atoms with Gasteiger partial charge in [-0.15, -0.1) is 11.3 Å². The van der Waals surface area contributed by atoms with Gasteiger partial charge >= 0.3 is 0 Å². The number of benzene rings is 1. The van der Waals surface area contributed by atoms with Crippen LogP contribution in [-0.2, 0) is 27.8 Å². The van der Waals surface area contributed by atoms with E-state index in [1.54, 1.807) is 12.1 Å². The number of ether oxygens (including phenoxy) is 1. The molecule has 0 fully saturated rings. The first-order valence-electron chi connectivity index (χ1n) is 7.82. The van der Waals surface area contributed by atoms with Crippen LogP contribution in [-0.4, -0.2) is 39.3 Å². The van der Waals surface area contributed by atoms with Crippen molar-refractivity contribution in [3.05, 3.63) is 46.8 Å². The van der Waals surface area contributed by atoms with Crippen molar-refractivity contribution in [2.75, 3.05) is 20.7 Å². The second-order valence-electron chi connectivity index (χ2n) is 5.54. The zero-order valence-corrected chi connectivity index (χ0v) is 16.1. The van der Waals surface area contributed by atoms with Crippen molar-refractivity contribution in [1.29, 1.82) is 0 Å². The molecule has 1 aromatic carbocycles. The molecule has 1 heterocycles. The predicted molar refractivity (Wildman–Crippen MR) is 98.4 cm³/mol. The topological polar surface area (TPSA) is 75.7 Å². The highest BCUT2D eigenvalue weighted by atomic mass is 32.2. The number of hydrogen-bond acceptors (Lipinski definition) is 5. The Labute approximate surface area is 152 Å². The molecule has 0 unspecified atom stereocenters. The Balaban J connectivity index is 1.89. The van der Waals surface area contributed by atoms with Gasteiger partial charge in [0.15, 0.2) is 0 Å². The van der Waals surface area contributed by atoms with Crippen LogP contribution in [0.1, 0.15) is 17.4 Å². The maximum Gasteiger partial charge on any atom is 0.252 e. The fourth-order valence-corrected chi connectivity index (χ4v) is 4.54. The van der Waals surface area contributed by atoms with E-state index in [0.29, 0.717) is 13.2 Å². The number of amides is 1. The van der Waals surface area contributed by atoms with Crippen LogP contribution in [0.3, 0.4) is 0 Å². The summed E-state index contributed by atoms with van der Waals surface area (Å²) in [4.78, 5) is 12.8. The normalized spacial score (nSPS) is 11.5. The fourth-order valence-electron chi connectivity index (χ4n) is 2.08. The molecule has 1 N–H and O–H groups in total. The van der Waals surface area contributed by atoms with Crippen molar-refractivity contribution in [1.82, 2.24) is 9.62 Å². The van der Waals surface area contributed by atoms with E-state index in [4.69, 9.17) is 4.74 Å². The van der Waals surface area contributed by atoms with E-state index in [-0.39, 0.29) is 16.5 Å². The SMILES string of the molecule is CCOc1ccc(CC(=O)NCc2ccc(S(=O)(=O)N(C)C)s2)cc1. The molecule has 1 amide bonds. The molecule has 0 spiro atoms. The van der Waals surface area contributed by atoms with Gasteiger partial charge in [-0.1, -0.05) is 12.1 Å². The minimum atomic E-state index is -3.42. The van der Waals surface area contributed by atoms with Crippen LogP contribution < -0.4 is 10.1 Å². The molecule has 0 saturated heterocycles. The number of rotatable bonds is 8. The summed E-state index contributed by atoms with van der Waals surface area (Å²) in [6, 6.07) is 10.7. The molecule has 25 heavy (non-hydrogen) atoms. The molecule has 0 radical (unpaired) electrons. The van der Waals surface area contributed by atoms with Crippen LogP contribution in [0, 0.1) is 0 Å². The number of thiophene rings is 1. The van der Waals surface area contributed by atoms with Gasteiger partial charge in [0, 0.05) is 19.0 Å². The van der Waals surface area contributed by atoms with Crippen molar-refractivity contribution in [2.45, 2.75) is 24.1 Å². The van der Waals surface area contributed by atoms with E-state index in [9.17, 15) is 13.2 Å². The quantitative estimate of drug-likeness (QED) is 0.760. The number of carbonyl (C=O) groups is 1. The highest BCUT2D eigenvalue weighted by Gasteiger charge is 2.19. The van der Waals surface area contributed by atoms with Crippen molar-refractivity contribution < 1.29 is 17.9 Å². The van der Waals surface area contributed by atoms with E-state index in [1.807, 2.05) is 31.2 Å². The van der Waals surface area contributed by atoms with Gasteiger partial charge in [0.2, 0.25) is 5.91 Å². The Kier molecular flexibility index (Phi) is 6.57. The first-order chi connectivity index (χ1) is 11.8. The van der Waals surface area contributed by atoms with Crippen LogP contribution in [0.5, 0.6) is 5.75 Å². The Morgan fingerprint density at radius 1 is 1.16 bits per heavy atom. The minimum absolute atomic E-state index is 0.116. The molecule has 0 saturated carbocycles. The molecular weight excluding hydrogens is 360 g/mol. The Bertz CT molecular complexity index is 811. The average Bonchev–Trinajstić information content (AvgIpc) is 3.05. The molecule has 0 atom stereocenters. The van der Waals surface area contributed by atoms with Crippen molar-refractivity contribution in [2.24, 2.45) is 0 Å². The van der Waals surface area contributed by atoms with Crippen molar-refractivity contribution >= 4 is 27.3 Å². The number of nitrogens with one attached hydrogen (secondary N) is 1. The Morgan fingerprint density at radius 2 is 1.84 bits per heavy atom. The molecule has 2 rings (SSSR count). The molecule has 6 nitrogen and oxygen atoms in total. The third-order valence-corrected chi connectivity index (χ3v) is 6.80. The lowest BCUT2D eigenvalue weighted by atomic mass is 10.1. The van der Waals surface area contributed by atoms with Gasteiger partial charge in [-0.05, 0) is 36.8 Å². The first-order valence-corrected chi connectivity index (χ1v) is 10.1. The fraction of sp³-hybridized carbons (Fsp3) is 0.353. The molecule has 0 aliphatic heterocycles. The third kappa shape index (κ3) is 5.29. The van der Waals surface area contributed by atoms with E-state index in [0.717, 1.165) is 27.5 Å². The highest BCUT2D eigenvalue weighted by molar-refractivity contribution is 7.91. The lowest BCUT2D eigenvalue weighted by molar-refractivity contribution is -0.120. The van der Waals surface area contributed by atoms with Gasteiger partial charge in [0.1, 0.15) is 9.96 Å². The van der Waals surface area contributed by atoms with Crippen molar-refractivity contribution in [3.8, 4) is 5.75 Å². The summed E-state index contributed by atoms with van der Waals surface area (Å²) in [5.41, 5.74) is 0.892. The number of carbonyl (C=O) groups excluding carboxylic acids is 1. The number of sulfonamides is 1. The maximum atomic E-state index is 12.0. The molecule has 8 heteroatoms.